The Morgan fingerprint density at radius 1 is 1.40 bits per heavy atom. The topological polar surface area (TPSA) is 50.2 Å². The second kappa shape index (κ2) is 5.95. The summed E-state index contributed by atoms with van der Waals surface area (Å²) in [5.74, 6) is 1.39. The first-order chi connectivity index (χ1) is 9.78. The molecule has 1 N–H and O–H groups in total. The number of anilines is 1. The van der Waals surface area contributed by atoms with Gasteiger partial charge < -0.3 is 14.8 Å². The highest BCUT2D eigenvalue weighted by Gasteiger charge is 2.28. The molecule has 0 bridgehead atoms. The predicted molar refractivity (Wildman–Crippen MR) is 80.1 cm³/mol. The molecule has 3 rings (SSSR count). The van der Waals surface area contributed by atoms with Crippen molar-refractivity contribution in [1.82, 2.24) is 14.9 Å². The van der Waals surface area contributed by atoms with E-state index in [4.69, 9.17) is 0 Å². The first kappa shape index (κ1) is 13.6. The quantitative estimate of drug-likeness (QED) is 0.849. The van der Waals surface area contributed by atoms with E-state index >= 15 is 0 Å². The zero-order valence-electron chi connectivity index (χ0n) is 12.2. The molecule has 2 fully saturated rings. The Bertz CT molecular complexity index is 503. The molecule has 5 nitrogen and oxygen atoms in total. The lowest BCUT2D eigenvalue weighted by Crippen LogP contribution is -2.42. The molecule has 1 aliphatic carbocycles. The molecule has 110 valence electrons. The summed E-state index contributed by atoms with van der Waals surface area (Å²) in [6.45, 7) is 5.69. The first-order valence-electron chi connectivity index (χ1n) is 7.81. The summed E-state index contributed by atoms with van der Waals surface area (Å²) in [5, 5.41) is 3.52. The second-order valence-corrected chi connectivity index (χ2v) is 5.98. The minimum Gasteiger partial charge on any atom is -0.350 e. The van der Waals surface area contributed by atoms with E-state index < -0.39 is 0 Å². The van der Waals surface area contributed by atoms with Crippen molar-refractivity contribution in [2.24, 2.45) is 5.92 Å². The van der Waals surface area contributed by atoms with E-state index in [0.29, 0.717) is 18.4 Å². The van der Waals surface area contributed by atoms with Gasteiger partial charge >= 0.3 is 0 Å². The molecule has 5 heteroatoms. The number of rotatable bonds is 6. The molecule has 1 unspecified atom stereocenters. The van der Waals surface area contributed by atoms with Gasteiger partial charge in [0.2, 0.25) is 0 Å². The lowest BCUT2D eigenvalue weighted by Gasteiger charge is -2.26. The molecule has 1 saturated carbocycles. The van der Waals surface area contributed by atoms with Gasteiger partial charge in [-0.3, -0.25) is 4.79 Å². The molecule has 0 amide bonds. The van der Waals surface area contributed by atoms with E-state index in [1.54, 1.807) is 17.0 Å². The summed E-state index contributed by atoms with van der Waals surface area (Å²) >= 11 is 0. The molecule has 0 spiro atoms. The number of nitrogens with one attached hydrogen (secondary N) is 1. The molecule has 1 atom stereocenters. The van der Waals surface area contributed by atoms with E-state index in [9.17, 15) is 4.79 Å². The van der Waals surface area contributed by atoms with Gasteiger partial charge in [-0.25, -0.2) is 4.98 Å². The van der Waals surface area contributed by atoms with E-state index in [2.05, 4.69) is 15.2 Å². The van der Waals surface area contributed by atoms with Crippen molar-refractivity contribution in [1.29, 1.82) is 0 Å². The summed E-state index contributed by atoms with van der Waals surface area (Å²) in [5.41, 5.74) is 0.0497. The highest BCUT2D eigenvalue weighted by atomic mass is 16.1. The molecular weight excluding hydrogens is 252 g/mol. The molecule has 20 heavy (non-hydrogen) atoms. The maximum Gasteiger partial charge on any atom is 0.293 e. The van der Waals surface area contributed by atoms with E-state index in [1.807, 2.05) is 6.92 Å². The fraction of sp³-hybridized carbons (Fsp3) is 0.733. The third-order valence-corrected chi connectivity index (χ3v) is 4.31. The maximum absolute atomic E-state index is 12.5. The zero-order chi connectivity index (χ0) is 13.9. The van der Waals surface area contributed by atoms with Crippen LogP contribution in [0, 0.1) is 5.92 Å². The highest BCUT2D eigenvalue weighted by Crippen LogP contribution is 2.30. The van der Waals surface area contributed by atoms with Crippen LogP contribution >= 0.6 is 0 Å². The summed E-state index contributed by atoms with van der Waals surface area (Å²) in [6.07, 6.45) is 8.56. The van der Waals surface area contributed by atoms with Crippen LogP contribution in [0.5, 0.6) is 0 Å². The molecule has 1 aromatic rings. The Morgan fingerprint density at radius 2 is 2.25 bits per heavy atom. The van der Waals surface area contributed by atoms with Crippen molar-refractivity contribution in [3.8, 4) is 0 Å². The first-order valence-corrected chi connectivity index (χ1v) is 7.81. The van der Waals surface area contributed by atoms with Gasteiger partial charge in [-0.2, -0.15) is 0 Å². The lowest BCUT2D eigenvalue weighted by atomic mass is 10.2. The third kappa shape index (κ3) is 3.03. The van der Waals surface area contributed by atoms with Crippen LogP contribution in [-0.2, 0) is 6.54 Å². The number of hydrogen-bond donors (Lipinski definition) is 1. The number of aryl methyl sites for hydroxylation is 1. The van der Waals surface area contributed by atoms with Crippen molar-refractivity contribution < 1.29 is 0 Å². The minimum absolute atomic E-state index is 0.0497. The normalized spacial score (nSPS) is 22.1. The minimum atomic E-state index is 0.0497. The van der Waals surface area contributed by atoms with Crippen LogP contribution in [0.25, 0.3) is 0 Å². The van der Waals surface area contributed by atoms with Crippen LogP contribution in [0.15, 0.2) is 17.2 Å². The van der Waals surface area contributed by atoms with Crippen LogP contribution < -0.4 is 15.8 Å². The average molecular weight is 276 g/mol. The zero-order valence-corrected chi connectivity index (χ0v) is 12.2. The molecule has 1 saturated heterocycles. The van der Waals surface area contributed by atoms with Crippen LogP contribution in [-0.4, -0.2) is 35.2 Å². The standard InChI is InChI=1S/C15H24N4O/c1-2-18-9-8-17-14(15(18)20)19(10-12-5-6-12)11-13-4-3-7-16-13/h8-9,12-13,16H,2-7,10-11H2,1H3. The van der Waals surface area contributed by atoms with Crippen molar-refractivity contribution in [3.05, 3.63) is 22.7 Å². The Labute approximate surface area is 120 Å². The number of nitrogens with zero attached hydrogens (tertiary/aromatic N) is 3. The monoisotopic (exact) mass is 276 g/mol. The van der Waals surface area contributed by atoms with Gasteiger partial charge in [0.25, 0.3) is 5.56 Å². The Hall–Kier alpha value is -1.36. The summed E-state index contributed by atoms with van der Waals surface area (Å²) in [6, 6.07) is 0.505. The Balaban J connectivity index is 1.81. The van der Waals surface area contributed by atoms with Crippen LogP contribution in [0.4, 0.5) is 5.82 Å². The molecule has 2 aliphatic rings. The van der Waals surface area contributed by atoms with Crippen molar-refractivity contribution in [2.75, 3.05) is 24.5 Å². The van der Waals surface area contributed by atoms with Crippen LogP contribution in [0.1, 0.15) is 32.6 Å². The fourth-order valence-corrected chi connectivity index (χ4v) is 2.94. The Morgan fingerprint density at radius 3 is 2.90 bits per heavy atom. The van der Waals surface area contributed by atoms with E-state index in [-0.39, 0.29) is 5.56 Å². The molecule has 0 radical (unpaired) electrons. The van der Waals surface area contributed by atoms with Crippen molar-refractivity contribution >= 4 is 5.82 Å². The largest absolute Gasteiger partial charge is 0.350 e. The molecule has 1 aliphatic heterocycles. The van der Waals surface area contributed by atoms with Gasteiger partial charge in [-0.1, -0.05) is 0 Å². The summed E-state index contributed by atoms with van der Waals surface area (Å²) in [7, 11) is 0. The fourth-order valence-electron chi connectivity index (χ4n) is 2.94. The second-order valence-electron chi connectivity index (χ2n) is 5.98. The average Bonchev–Trinajstić information content (AvgIpc) is 3.12. The van der Waals surface area contributed by atoms with E-state index in [1.165, 1.54) is 25.7 Å². The molecule has 0 aromatic carbocycles. The van der Waals surface area contributed by atoms with Gasteiger partial charge in [0, 0.05) is 38.1 Å². The van der Waals surface area contributed by atoms with E-state index in [0.717, 1.165) is 25.6 Å². The van der Waals surface area contributed by atoms with Gasteiger partial charge in [0.05, 0.1) is 0 Å². The Kier molecular flexibility index (Phi) is 4.05. The van der Waals surface area contributed by atoms with Gasteiger partial charge in [0.1, 0.15) is 0 Å². The SMILES string of the molecule is CCn1ccnc(N(CC2CC2)CC2CCCN2)c1=O. The van der Waals surface area contributed by atoms with Crippen molar-refractivity contribution in [2.45, 2.75) is 45.2 Å². The highest BCUT2D eigenvalue weighted by molar-refractivity contribution is 5.36. The maximum atomic E-state index is 12.5. The van der Waals surface area contributed by atoms with Gasteiger partial charge in [0.15, 0.2) is 5.82 Å². The van der Waals surface area contributed by atoms with Crippen molar-refractivity contribution in [3.63, 3.8) is 0 Å². The molecular formula is C15H24N4O. The van der Waals surface area contributed by atoms with Crippen LogP contribution in [0.2, 0.25) is 0 Å². The lowest BCUT2D eigenvalue weighted by molar-refractivity contribution is 0.562. The third-order valence-electron chi connectivity index (χ3n) is 4.31. The smallest absolute Gasteiger partial charge is 0.293 e. The number of aromatic nitrogens is 2. The summed E-state index contributed by atoms with van der Waals surface area (Å²) in [4.78, 5) is 19.0. The molecule has 1 aromatic heterocycles. The van der Waals surface area contributed by atoms with Gasteiger partial charge in [-0.05, 0) is 45.1 Å². The number of hydrogen-bond acceptors (Lipinski definition) is 4. The molecule has 2 heterocycles. The predicted octanol–water partition coefficient (Wildman–Crippen LogP) is 1.23. The van der Waals surface area contributed by atoms with Gasteiger partial charge in [-0.15, -0.1) is 0 Å². The summed E-state index contributed by atoms with van der Waals surface area (Å²) < 4.78 is 1.74. The van der Waals surface area contributed by atoms with Crippen LogP contribution in [0.3, 0.4) is 0 Å².